The SMILES string of the molecule is CCNC(=NCc1cccc2c1OCCCO2)NC1CCN(c2ncccc2F)C1. The molecule has 1 fully saturated rings. The molecule has 0 amide bonds. The molecule has 1 atom stereocenters. The number of nitrogens with zero attached hydrogens (tertiary/aromatic N) is 3. The van der Waals surface area contributed by atoms with Crippen LogP contribution in [-0.2, 0) is 6.54 Å². The quantitative estimate of drug-likeness (QED) is 0.580. The number of benzene rings is 1. The second-order valence-electron chi connectivity index (χ2n) is 7.37. The third kappa shape index (κ3) is 4.75. The fraction of sp³-hybridized carbons (Fsp3) is 0.455. The first-order valence-corrected chi connectivity index (χ1v) is 10.5. The van der Waals surface area contributed by atoms with E-state index in [9.17, 15) is 4.39 Å². The van der Waals surface area contributed by atoms with Crippen molar-refractivity contribution in [2.45, 2.75) is 32.4 Å². The van der Waals surface area contributed by atoms with Crippen molar-refractivity contribution in [2.75, 3.05) is 37.7 Å². The Labute approximate surface area is 176 Å². The van der Waals surface area contributed by atoms with E-state index in [0.29, 0.717) is 32.1 Å². The van der Waals surface area contributed by atoms with Crippen molar-refractivity contribution in [2.24, 2.45) is 4.99 Å². The van der Waals surface area contributed by atoms with Gasteiger partial charge in [-0.25, -0.2) is 14.4 Å². The first kappa shape index (κ1) is 20.3. The summed E-state index contributed by atoms with van der Waals surface area (Å²) in [7, 11) is 0. The molecular weight excluding hydrogens is 385 g/mol. The molecule has 0 radical (unpaired) electrons. The van der Waals surface area contributed by atoms with Crippen LogP contribution < -0.4 is 25.0 Å². The van der Waals surface area contributed by atoms with Gasteiger partial charge in [0.05, 0.1) is 19.8 Å². The fourth-order valence-corrected chi connectivity index (χ4v) is 3.74. The molecule has 2 aromatic rings. The lowest BCUT2D eigenvalue weighted by atomic mass is 10.2. The van der Waals surface area contributed by atoms with Gasteiger partial charge in [0.2, 0.25) is 0 Å². The van der Waals surface area contributed by atoms with Crippen LogP contribution in [0.5, 0.6) is 11.5 Å². The Morgan fingerprint density at radius 2 is 2.17 bits per heavy atom. The minimum absolute atomic E-state index is 0.164. The Kier molecular flexibility index (Phi) is 6.51. The molecule has 1 aromatic heterocycles. The predicted molar refractivity (Wildman–Crippen MR) is 115 cm³/mol. The van der Waals surface area contributed by atoms with Gasteiger partial charge in [-0.3, -0.25) is 0 Å². The van der Waals surface area contributed by atoms with Gasteiger partial charge in [0.1, 0.15) is 0 Å². The molecule has 2 aliphatic rings. The van der Waals surface area contributed by atoms with Crippen molar-refractivity contribution in [1.82, 2.24) is 15.6 Å². The summed E-state index contributed by atoms with van der Waals surface area (Å²) in [5.74, 6) is 2.42. The van der Waals surface area contributed by atoms with Gasteiger partial charge in [0, 0.05) is 43.9 Å². The van der Waals surface area contributed by atoms with Gasteiger partial charge in [-0.15, -0.1) is 0 Å². The van der Waals surface area contributed by atoms with Crippen LogP contribution in [0, 0.1) is 5.82 Å². The van der Waals surface area contributed by atoms with Crippen molar-refractivity contribution in [3.63, 3.8) is 0 Å². The van der Waals surface area contributed by atoms with E-state index in [1.807, 2.05) is 30.0 Å². The Bertz CT molecular complexity index is 892. The molecule has 3 heterocycles. The highest BCUT2D eigenvalue weighted by atomic mass is 19.1. The number of ether oxygens (including phenoxy) is 2. The van der Waals surface area contributed by atoms with Crippen LogP contribution in [-0.4, -0.2) is 49.8 Å². The number of aliphatic imine (C=N–C) groups is 1. The molecule has 2 aliphatic heterocycles. The number of halogens is 1. The number of rotatable bonds is 5. The second kappa shape index (κ2) is 9.65. The Morgan fingerprint density at radius 1 is 1.27 bits per heavy atom. The summed E-state index contributed by atoms with van der Waals surface area (Å²) in [6.07, 6.45) is 3.38. The van der Waals surface area contributed by atoms with E-state index in [0.717, 1.165) is 49.0 Å². The standard InChI is InChI=1S/C22H28FN5O2/c1-2-24-22(26-14-16-6-3-8-19-20(16)30-13-5-12-29-19)27-17-9-11-28(15-17)21-18(23)7-4-10-25-21/h3-4,6-8,10,17H,2,5,9,11-15H2,1H3,(H2,24,26,27). The average Bonchev–Trinajstić information content (AvgIpc) is 3.07. The molecule has 0 bridgehead atoms. The zero-order valence-corrected chi connectivity index (χ0v) is 17.2. The van der Waals surface area contributed by atoms with Crippen LogP contribution in [0.1, 0.15) is 25.3 Å². The second-order valence-corrected chi connectivity index (χ2v) is 7.37. The average molecular weight is 413 g/mol. The minimum atomic E-state index is -0.286. The zero-order chi connectivity index (χ0) is 20.8. The molecule has 4 rings (SSSR count). The third-order valence-electron chi connectivity index (χ3n) is 5.17. The first-order valence-electron chi connectivity index (χ1n) is 10.5. The smallest absolute Gasteiger partial charge is 0.191 e. The first-order chi connectivity index (χ1) is 14.7. The lowest BCUT2D eigenvalue weighted by Crippen LogP contribution is -2.44. The van der Waals surface area contributed by atoms with E-state index in [4.69, 9.17) is 14.5 Å². The minimum Gasteiger partial charge on any atom is -0.490 e. The van der Waals surface area contributed by atoms with Crippen molar-refractivity contribution >= 4 is 11.8 Å². The number of aromatic nitrogens is 1. The molecule has 2 N–H and O–H groups in total. The van der Waals surface area contributed by atoms with E-state index < -0.39 is 0 Å². The van der Waals surface area contributed by atoms with Gasteiger partial charge >= 0.3 is 0 Å². The third-order valence-corrected chi connectivity index (χ3v) is 5.17. The lowest BCUT2D eigenvalue weighted by molar-refractivity contribution is 0.296. The maximum Gasteiger partial charge on any atom is 0.191 e. The molecule has 0 saturated carbocycles. The van der Waals surface area contributed by atoms with Gasteiger partial charge in [-0.05, 0) is 31.5 Å². The van der Waals surface area contributed by atoms with Gasteiger partial charge in [-0.1, -0.05) is 12.1 Å². The molecule has 8 heteroatoms. The number of pyridine rings is 1. The van der Waals surface area contributed by atoms with Crippen molar-refractivity contribution in [1.29, 1.82) is 0 Å². The van der Waals surface area contributed by atoms with E-state index in [1.54, 1.807) is 12.3 Å². The molecule has 1 aromatic carbocycles. The molecule has 0 spiro atoms. The molecule has 0 aliphatic carbocycles. The Morgan fingerprint density at radius 3 is 3.03 bits per heavy atom. The van der Waals surface area contributed by atoms with Crippen LogP contribution in [0.25, 0.3) is 0 Å². The number of anilines is 1. The van der Waals surface area contributed by atoms with Crippen LogP contribution >= 0.6 is 0 Å². The molecule has 1 saturated heterocycles. The van der Waals surface area contributed by atoms with Crippen molar-refractivity contribution in [3.05, 3.63) is 47.9 Å². The van der Waals surface area contributed by atoms with Crippen LogP contribution in [0.2, 0.25) is 0 Å². The summed E-state index contributed by atoms with van der Waals surface area (Å²) in [5, 5.41) is 6.77. The summed E-state index contributed by atoms with van der Waals surface area (Å²) in [6, 6.07) is 9.14. The summed E-state index contributed by atoms with van der Waals surface area (Å²) in [6.45, 7) is 6.01. The van der Waals surface area contributed by atoms with Gasteiger partial charge in [0.25, 0.3) is 0 Å². The van der Waals surface area contributed by atoms with Crippen LogP contribution in [0.15, 0.2) is 41.5 Å². The fourth-order valence-electron chi connectivity index (χ4n) is 3.74. The van der Waals surface area contributed by atoms with Gasteiger partial charge in [-0.2, -0.15) is 0 Å². The molecular formula is C22H28FN5O2. The lowest BCUT2D eigenvalue weighted by Gasteiger charge is -2.20. The number of hydrogen-bond donors (Lipinski definition) is 2. The maximum absolute atomic E-state index is 14.0. The highest BCUT2D eigenvalue weighted by molar-refractivity contribution is 5.80. The number of hydrogen-bond acceptors (Lipinski definition) is 5. The van der Waals surface area contributed by atoms with Gasteiger partial charge < -0.3 is 25.0 Å². The number of para-hydroxylation sites is 1. The topological polar surface area (TPSA) is 71.0 Å². The summed E-state index contributed by atoms with van der Waals surface area (Å²) < 4.78 is 25.7. The number of nitrogens with one attached hydrogen (secondary N) is 2. The van der Waals surface area contributed by atoms with E-state index in [-0.39, 0.29) is 11.9 Å². The molecule has 1 unspecified atom stereocenters. The van der Waals surface area contributed by atoms with E-state index in [1.165, 1.54) is 6.07 Å². The zero-order valence-electron chi connectivity index (χ0n) is 17.2. The highest BCUT2D eigenvalue weighted by Gasteiger charge is 2.26. The van der Waals surface area contributed by atoms with E-state index >= 15 is 0 Å². The van der Waals surface area contributed by atoms with Crippen molar-refractivity contribution in [3.8, 4) is 11.5 Å². The molecule has 30 heavy (non-hydrogen) atoms. The highest BCUT2D eigenvalue weighted by Crippen LogP contribution is 2.33. The monoisotopic (exact) mass is 413 g/mol. The number of guanidine groups is 1. The predicted octanol–water partition coefficient (Wildman–Crippen LogP) is 2.72. The van der Waals surface area contributed by atoms with Gasteiger partial charge in [0.15, 0.2) is 29.1 Å². The van der Waals surface area contributed by atoms with Crippen molar-refractivity contribution < 1.29 is 13.9 Å². The van der Waals surface area contributed by atoms with Crippen LogP contribution in [0.4, 0.5) is 10.2 Å². The summed E-state index contributed by atoms with van der Waals surface area (Å²) >= 11 is 0. The summed E-state index contributed by atoms with van der Waals surface area (Å²) in [4.78, 5) is 10.9. The van der Waals surface area contributed by atoms with E-state index in [2.05, 4.69) is 15.6 Å². The Hall–Kier alpha value is -3.03. The molecule has 160 valence electrons. The largest absolute Gasteiger partial charge is 0.490 e. The maximum atomic E-state index is 14.0. The summed E-state index contributed by atoms with van der Waals surface area (Å²) in [5.41, 5.74) is 0.996. The molecule has 7 nitrogen and oxygen atoms in total. The Balaban J connectivity index is 1.42. The normalized spacial score (nSPS) is 18.8. The van der Waals surface area contributed by atoms with Crippen LogP contribution in [0.3, 0.4) is 0 Å². The number of fused-ring (bicyclic) bond motifs is 1.